The van der Waals surface area contributed by atoms with Gasteiger partial charge in [-0.1, -0.05) is 15.9 Å². The summed E-state index contributed by atoms with van der Waals surface area (Å²) in [5.41, 5.74) is 5.05. The maximum Gasteiger partial charge on any atom is 0.163 e. The lowest BCUT2D eigenvalue weighted by Crippen LogP contribution is -1.99. The Bertz CT molecular complexity index is 1000. The maximum absolute atomic E-state index is 12.1. The van der Waals surface area contributed by atoms with E-state index < -0.39 is 0 Å². The van der Waals surface area contributed by atoms with E-state index in [1.807, 2.05) is 24.3 Å². The highest BCUT2D eigenvalue weighted by Crippen LogP contribution is 2.37. The zero-order chi connectivity index (χ0) is 16.8. The molecule has 122 valence electrons. The van der Waals surface area contributed by atoms with Gasteiger partial charge < -0.3 is 4.57 Å². The van der Waals surface area contributed by atoms with E-state index in [2.05, 4.69) is 26.6 Å². The predicted molar refractivity (Wildman–Crippen MR) is 101 cm³/mol. The molecule has 0 bridgehead atoms. The summed E-state index contributed by atoms with van der Waals surface area (Å²) in [5, 5.41) is 3.20. The fourth-order valence-corrected chi connectivity index (χ4v) is 4.08. The van der Waals surface area contributed by atoms with Crippen LogP contribution in [0, 0.1) is 0 Å². The third-order valence-corrected chi connectivity index (χ3v) is 5.52. The van der Waals surface area contributed by atoms with Crippen LogP contribution in [0.1, 0.15) is 46.0 Å². The number of rotatable bonds is 4. The molecule has 4 heteroatoms. The Labute approximate surface area is 148 Å². The lowest BCUT2D eigenvalue weighted by molar-refractivity contribution is 0.0991. The van der Waals surface area contributed by atoms with Gasteiger partial charge in [0.15, 0.2) is 11.6 Å². The SMILES string of the molecule is CC(=O)c1ccc2c(c1)c1c3c(ccc1n2CCCBr)C(=O)CC3. The molecule has 3 nitrogen and oxygen atoms in total. The number of alkyl halides is 1. The van der Waals surface area contributed by atoms with Crippen molar-refractivity contribution in [2.24, 2.45) is 0 Å². The molecule has 0 atom stereocenters. The van der Waals surface area contributed by atoms with Crippen molar-refractivity contribution in [3.8, 4) is 0 Å². The van der Waals surface area contributed by atoms with Crippen LogP contribution < -0.4 is 0 Å². The Kier molecular flexibility index (Phi) is 3.80. The van der Waals surface area contributed by atoms with Gasteiger partial charge >= 0.3 is 0 Å². The minimum atomic E-state index is 0.0712. The molecule has 4 rings (SSSR count). The number of nitrogens with zero attached hydrogens (tertiary/aromatic N) is 1. The second kappa shape index (κ2) is 5.85. The monoisotopic (exact) mass is 383 g/mol. The molecule has 0 radical (unpaired) electrons. The highest BCUT2D eigenvalue weighted by molar-refractivity contribution is 9.09. The standard InChI is InChI=1S/C20H18BrNO2/c1-12(23)13-3-6-17-16(11-13)20-15-5-8-19(24)14(15)4-7-18(20)22(17)10-2-9-21/h3-4,6-7,11H,2,5,8-10H2,1H3. The van der Waals surface area contributed by atoms with Gasteiger partial charge in [-0.25, -0.2) is 0 Å². The number of carbonyl (C=O) groups is 2. The molecular weight excluding hydrogens is 366 g/mol. The summed E-state index contributed by atoms with van der Waals surface area (Å²) in [6, 6.07) is 9.98. The number of Topliss-reactive ketones (excluding diaryl/α,β-unsaturated/α-hetero) is 2. The van der Waals surface area contributed by atoms with Gasteiger partial charge in [0.2, 0.25) is 0 Å². The minimum absolute atomic E-state index is 0.0712. The minimum Gasteiger partial charge on any atom is -0.340 e. The zero-order valence-electron chi connectivity index (χ0n) is 13.6. The third kappa shape index (κ3) is 2.24. The molecule has 3 aromatic rings. The van der Waals surface area contributed by atoms with Gasteiger partial charge in [0, 0.05) is 51.2 Å². The van der Waals surface area contributed by atoms with E-state index in [1.165, 1.54) is 5.52 Å². The van der Waals surface area contributed by atoms with Crippen molar-refractivity contribution in [1.82, 2.24) is 4.57 Å². The third-order valence-electron chi connectivity index (χ3n) is 4.96. The normalized spacial score (nSPS) is 13.8. The first-order valence-corrected chi connectivity index (χ1v) is 9.42. The summed E-state index contributed by atoms with van der Waals surface area (Å²) in [5.74, 6) is 0.304. The highest BCUT2D eigenvalue weighted by atomic mass is 79.9. The van der Waals surface area contributed by atoms with Gasteiger partial charge in [-0.15, -0.1) is 0 Å². The van der Waals surface area contributed by atoms with Crippen LogP contribution in [0.25, 0.3) is 21.8 Å². The Hall–Kier alpha value is -1.94. The Morgan fingerprint density at radius 2 is 1.96 bits per heavy atom. The van der Waals surface area contributed by atoms with Gasteiger partial charge in [-0.2, -0.15) is 0 Å². The number of aromatic nitrogens is 1. The molecule has 0 saturated heterocycles. The lowest BCUT2D eigenvalue weighted by Gasteiger charge is -2.07. The molecule has 24 heavy (non-hydrogen) atoms. The number of aryl methyl sites for hydroxylation is 2. The van der Waals surface area contributed by atoms with Crippen LogP contribution in [-0.2, 0) is 13.0 Å². The molecule has 0 unspecified atom stereocenters. The number of hydrogen-bond acceptors (Lipinski definition) is 2. The van der Waals surface area contributed by atoms with Crippen molar-refractivity contribution >= 4 is 49.3 Å². The van der Waals surface area contributed by atoms with E-state index in [-0.39, 0.29) is 11.6 Å². The second-order valence-corrected chi connectivity index (χ2v) is 7.18. The number of carbonyl (C=O) groups excluding carboxylic acids is 2. The molecule has 1 aliphatic rings. The van der Waals surface area contributed by atoms with Crippen molar-refractivity contribution in [3.63, 3.8) is 0 Å². The van der Waals surface area contributed by atoms with E-state index >= 15 is 0 Å². The maximum atomic E-state index is 12.1. The average molecular weight is 384 g/mol. The lowest BCUT2D eigenvalue weighted by atomic mass is 10.0. The molecule has 0 fully saturated rings. The van der Waals surface area contributed by atoms with Crippen LogP contribution in [0.3, 0.4) is 0 Å². The topological polar surface area (TPSA) is 39.1 Å². The summed E-state index contributed by atoms with van der Waals surface area (Å²) in [4.78, 5) is 24.0. The van der Waals surface area contributed by atoms with Gasteiger partial charge in [-0.05, 0) is 55.7 Å². The molecule has 1 aliphatic carbocycles. The number of halogens is 1. The largest absolute Gasteiger partial charge is 0.340 e. The molecule has 0 aliphatic heterocycles. The van der Waals surface area contributed by atoms with E-state index in [0.717, 1.165) is 57.7 Å². The highest BCUT2D eigenvalue weighted by Gasteiger charge is 2.24. The van der Waals surface area contributed by atoms with E-state index in [0.29, 0.717) is 6.42 Å². The van der Waals surface area contributed by atoms with Crippen LogP contribution >= 0.6 is 15.9 Å². The molecular formula is C20H18BrNO2. The van der Waals surface area contributed by atoms with Gasteiger partial charge in [-0.3, -0.25) is 9.59 Å². The van der Waals surface area contributed by atoms with Crippen LogP contribution in [0.5, 0.6) is 0 Å². The smallest absolute Gasteiger partial charge is 0.163 e. The van der Waals surface area contributed by atoms with E-state index in [9.17, 15) is 9.59 Å². The van der Waals surface area contributed by atoms with Gasteiger partial charge in [0.25, 0.3) is 0 Å². The molecule has 2 aromatic carbocycles. The first kappa shape index (κ1) is 15.6. The van der Waals surface area contributed by atoms with Crippen molar-refractivity contribution < 1.29 is 9.59 Å². The van der Waals surface area contributed by atoms with Crippen LogP contribution in [-0.4, -0.2) is 21.5 Å². The van der Waals surface area contributed by atoms with Crippen molar-refractivity contribution in [1.29, 1.82) is 0 Å². The van der Waals surface area contributed by atoms with Crippen molar-refractivity contribution in [2.75, 3.05) is 5.33 Å². The fourth-order valence-electron chi connectivity index (χ4n) is 3.83. The molecule has 0 amide bonds. The molecule has 0 saturated carbocycles. The Morgan fingerprint density at radius 3 is 2.71 bits per heavy atom. The number of fused-ring (bicyclic) bond motifs is 5. The van der Waals surface area contributed by atoms with E-state index in [4.69, 9.17) is 0 Å². The zero-order valence-corrected chi connectivity index (χ0v) is 15.1. The summed E-state index contributed by atoms with van der Waals surface area (Å²) >= 11 is 3.51. The number of benzene rings is 2. The van der Waals surface area contributed by atoms with Crippen molar-refractivity contribution in [3.05, 3.63) is 47.0 Å². The Morgan fingerprint density at radius 1 is 1.17 bits per heavy atom. The van der Waals surface area contributed by atoms with Crippen molar-refractivity contribution in [2.45, 2.75) is 32.7 Å². The summed E-state index contributed by atoms with van der Waals surface area (Å²) in [6.45, 7) is 2.51. The molecule has 1 heterocycles. The average Bonchev–Trinajstić information content (AvgIpc) is 3.10. The first-order valence-electron chi connectivity index (χ1n) is 8.29. The summed E-state index contributed by atoms with van der Waals surface area (Å²) in [6.07, 6.45) is 2.42. The summed E-state index contributed by atoms with van der Waals surface area (Å²) in [7, 11) is 0. The second-order valence-electron chi connectivity index (χ2n) is 6.39. The molecule has 0 spiro atoms. The van der Waals surface area contributed by atoms with Gasteiger partial charge in [0.1, 0.15) is 0 Å². The fraction of sp³-hybridized carbons (Fsp3) is 0.300. The number of ketones is 2. The predicted octanol–water partition coefficient (Wildman–Crippen LogP) is 4.91. The Balaban J connectivity index is 2.10. The quantitative estimate of drug-likeness (QED) is 0.474. The summed E-state index contributed by atoms with van der Waals surface area (Å²) < 4.78 is 2.32. The van der Waals surface area contributed by atoms with Crippen LogP contribution in [0.4, 0.5) is 0 Å². The van der Waals surface area contributed by atoms with Crippen LogP contribution in [0.2, 0.25) is 0 Å². The molecule has 0 N–H and O–H groups in total. The number of hydrogen-bond donors (Lipinski definition) is 0. The first-order chi connectivity index (χ1) is 11.6. The van der Waals surface area contributed by atoms with Crippen LogP contribution in [0.15, 0.2) is 30.3 Å². The van der Waals surface area contributed by atoms with E-state index in [1.54, 1.807) is 6.92 Å². The molecule has 1 aromatic heterocycles. The van der Waals surface area contributed by atoms with Gasteiger partial charge in [0.05, 0.1) is 0 Å².